The first-order chi connectivity index (χ1) is 18.5. The fraction of sp³-hybridized carbons (Fsp3) is 0.357. The third-order valence-electron chi connectivity index (χ3n) is 7.19. The summed E-state index contributed by atoms with van der Waals surface area (Å²) in [4.78, 5) is 25.6. The Morgan fingerprint density at radius 3 is 2.33 bits per heavy atom. The van der Waals surface area contributed by atoms with Gasteiger partial charge in [-0.25, -0.2) is 13.2 Å². The van der Waals surface area contributed by atoms with Crippen LogP contribution in [0.3, 0.4) is 0 Å². The monoisotopic (exact) mass is 561 g/mol. The van der Waals surface area contributed by atoms with Crippen LogP contribution in [-0.4, -0.2) is 19.3 Å². The van der Waals surface area contributed by atoms with E-state index in [1.54, 1.807) is 12.1 Å². The summed E-state index contributed by atoms with van der Waals surface area (Å²) in [5.74, 6) is -1.12. The molecule has 2 aliphatic carbocycles. The molecule has 0 radical (unpaired) electrons. The highest BCUT2D eigenvalue weighted by Crippen LogP contribution is 2.49. The summed E-state index contributed by atoms with van der Waals surface area (Å²) < 4.78 is 72.3. The Bertz CT molecular complexity index is 1570. The molecule has 0 spiro atoms. The summed E-state index contributed by atoms with van der Waals surface area (Å²) in [6.07, 6.45) is -0.236. The van der Waals surface area contributed by atoms with Gasteiger partial charge in [-0.2, -0.15) is 13.2 Å². The van der Waals surface area contributed by atoms with Crippen molar-refractivity contribution in [1.82, 2.24) is 0 Å². The van der Waals surface area contributed by atoms with E-state index in [1.165, 1.54) is 12.1 Å². The predicted molar refractivity (Wildman–Crippen MR) is 136 cm³/mol. The van der Waals surface area contributed by atoms with Gasteiger partial charge in [0.05, 0.1) is 21.6 Å². The number of alkyl halides is 3. The van der Waals surface area contributed by atoms with Crippen molar-refractivity contribution in [3.05, 3.63) is 87.0 Å². The predicted octanol–water partition coefficient (Wildman–Crippen LogP) is 6.01. The molecule has 0 saturated heterocycles. The van der Waals surface area contributed by atoms with Gasteiger partial charge in [-0.05, 0) is 73.6 Å². The van der Waals surface area contributed by atoms with Crippen molar-refractivity contribution >= 4 is 21.5 Å². The molecule has 1 saturated carbocycles. The molecule has 0 bridgehead atoms. The number of anilines is 1. The molecule has 3 aromatic rings. The molecule has 5 rings (SSSR count). The summed E-state index contributed by atoms with van der Waals surface area (Å²) in [5, 5.41) is 11.2. The average molecular weight is 562 g/mol. The number of aromatic hydroxyl groups is 1. The zero-order chi connectivity index (χ0) is 27.9. The Hall–Kier alpha value is -3.60. The van der Waals surface area contributed by atoms with Crippen molar-refractivity contribution in [2.45, 2.75) is 61.9 Å². The molecule has 0 aliphatic heterocycles. The summed E-state index contributed by atoms with van der Waals surface area (Å²) in [6, 6.07) is 9.39. The smallest absolute Gasteiger partial charge is 0.416 e. The maximum atomic E-state index is 13.1. The summed E-state index contributed by atoms with van der Waals surface area (Å²) in [5.41, 5.74) is -1.01. The third-order valence-corrected chi connectivity index (χ3v) is 8.58. The Balaban J connectivity index is 1.50. The maximum absolute atomic E-state index is 13.1. The second kappa shape index (κ2) is 10.2. The Morgan fingerprint density at radius 2 is 1.67 bits per heavy atom. The van der Waals surface area contributed by atoms with Crippen molar-refractivity contribution in [3.63, 3.8) is 0 Å². The number of nitrogens with one attached hydrogen (secondary N) is 1. The minimum Gasteiger partial charge on any atom is -0.506 e. The molecule has 1 unspecified atom stereocenters. The van der Waals surface area contributed by atoms with E-state index < -0.39 is 33.3 Å². The van der Waals surface area contributed by atoms with E-state index in [0.717, 1.165) is 37.8 Å². The van der Waals surface area contributed by atoms with Crippen LogP contribution in [0.25, 0.3) is 0 Å². The molecule has 39 heavy (non-hydrogen) atoms. The van der Waals surface area contributed by atoms with Crippen LogP contribution in [0.2, 0.25) is 0 Å². The van der Waals surface area contributed by atoms with Gasteiger partial charge in [0.25, 0.3) is 10.0 Å². The number of ketones is 1. The van der Waals surface area contributed by atoms with E-state index >= 15 is 0 Å². The van der Waals surface area contributed by atoms with Gasteiger partial charge in [-0.15, -0.1) is 0 Å². The lowest BCUT2D eigenvalue weighted by Gasteiger charge is -2.21. The van der Waals surface area contributed by atoms with Crippen LogP contribution < -0.4 is 10.3 Å². The molecule has 1 aromatic heterocycles. The largest absolute Gasteiger partial charge is 0.506 e. The van der Waals surface area contributed by atoms with Crippen molar-refractivity contribution < 1.29 is 35.9 Å². The van der Waals surface area contributed by atoms with Gasteiger partial charge < -0.3 is 9.52 Å². The molecule has 1 atom stereocenters. The van der Waals surface area contributed by atoms with Gasteiger partial charge in [0.1, 0.15) is 11.5 Å². The minimum atomic E-state index is -4.60. The number of carbonyl (C=O) groups is 1. The van der Waals surface area contributed by atoms with Gasteiger partial charge in [-0.3, -0.25) is 9.52 Å². The lowest BCUT2D eigenvalue weighted by atomic mass is 9.85. The van der Waals surface area contributed by atoms with Gasteiger partial charge in [0.15, 0.2) is 5.78 Å². The molecule has 7 nitrogen and oxygen atoms in total. The maximum Gasteiger partial charge on any atom is 0.416 e. The van der Waals surface area contributed by atoms with Gasteiger partial charge in [-0.1, -0.05) is 18.6 Å². The highest BCUT2D eigenvalue weighted by atomic mass is 32.2. The van der Waals surface area contributed by atoms with Crippen LogP contribution in [0.4, 0.5) is 18.9 Å². The molecule has 206 valence electrons. The van der Waals surface area contributed by atoms with Crippen molar-refractivity contribution in [2.24, 2.45) is 5.92 Å². The normalized spacial score (nSPS) is 17.2. The van der Waals surface area contributed by atoms with Crippen molar-refractivity contribution in [3.8, 4) is 5.75 Å². The van der Waals surface area contributed by atoms with Crippen molar-refractivity contribution in [1.29, 1.82) is 0 Å². The molecule has 2 N–H and O–H groups in total. The fourth-order valence-corrected chi connectivity index (χ4v) is 6.18. The number of sulfonamides is 1. The minimum absolute atomic E-state index is 0.0204. The standard InChI is InChI=1S/C28H26F3NO6S/c29-28(30,31)18-11-13-20(14-12-18)39(36,37)32-19-6-4-5-17(15-19)23(16-9-10-16)25-26(34)24-21(33)7-2-1-3-8-22(24)38-27(25)35/h4-6,11-16,23,32,34H,1-3,7-10H2. The lowest BCUT2D eigenvalue weighted by Crippen LogP contribution is -2.21. The van der Waals surface area contributed by atoms with E-state index in [-0.39, 0.29) is 51.3 Å². The highest BCUT2D eigenvalue weighted by molar-refractivity contribution is 7.92. The topological polar surface area (TPSA) is 114 Å². The van der Waals surface area contributed by atoms with E-state index in [4.69, 9.17) is 4.42 Å². The number of hydrogen-bond donors (Lipinski definition) is 2. The molecule has 11 heteroatoms. The Morgan fingerprint density at radius 1 is 0.974 bits per heavy atom. The molecular formula is C28H26F3NO6S. The molecule has 2 aromatic carbocycles. The first-order valence-corrected chi connectivity index (χ1v) is 14.2. The van der Waals surface area contributed by atoms with E-state index in [9.17, 15) is 36.3 Å². The Kier molecular flexibility index (Phi) is 7.04. The first-order valence-electron chi connectivity index (χ1n) is 12.7. The second-order valence-electron chi connectivity index (χ2n) is 10.0. The average Bonchev–Trinajstić information content (AvgIpc) is 3.69. The second-order valence-corrected chi connectivity index (χ2v) is 11.7. The number of rotatable bonds is 6. The van der Waals surface area contributed by atoms with Gasteiger partial charge in [0, 0.05) is 24.4 Å². The highest BCUT2D eigenvalue weighted by Gasteiger charge is 2.39. The number of carbonyl (C=O) groups excluding carboxylic acids is 1. The summed E-state index contributed by atoms with van der Waals surface area (Å²) >= 11 is 0. The van der Waals surface area contributed by atoms with E-state index in [2.05, 4.69) is 4.72 Å². The number of hydrogen-bond acceptors (Lipinski definition) is 6. The quantitative estimate of drug-likeness (QED) is 0.381. The molecule has 2 aliphatic rings. The van der Waals surface area contributed by atoms with Crippen LogP contribution >= 0.6 is 0 Å². The molecule has 1 heterocycles. The van der Waals surface area contributed by atoms with Gasteiger partial charge >= 0.3 is 11.8 Å². The molecular weight excluding hydrogens is 535 g/mol. The zero-order valence-corrected chi connectivity index (χ0v) is 21.6. The van der Waals surface area contributed by atoms with Crippen LogP contribution in [0.15, 0.2) is 62.6 Å². The van der Waals surface area contributed by atoms with Crippen LogP contribution in [-0.2, 0) is 22.6 Å². The number of Topliss-reactive ketones (excluding diaryl/α,β-unsaturated/α-hetero) is 1. The number of fused-ring (bicyclic) bond motifs is 1. The molecule has 1 fully saturated rings. The van der Waals surface area contributed by atoms with Crippen LogP contribution in [0.1, 0.15) is 77.3 Å². The Labute approximate surface area is 222 Å². The van der Waals surface area contributed by atoms with Crippen LogP contribution in [0, 0.1) is 5.92 Å². The number of benzene rings is 2. The first kappa shape index (κ1) is 27.0. The summed E-state index contributed by atoms with van der Waals surface area (Å²) in [7, 11) is -4.22. The van der Waals surface area contributed by atoms with Crippen LogP contribution in [0.5, 0.6) is 5.75 Å². The third kappa shape index (κ3) is 5.59. The lowest BCUT2D eigenvalue weighted by molar-refractivity contribution is -0.137. The molecule has 0 amide bonds. The van der Waals surface area contributed by atoms with Gasteiger partial charge in [0.2, 0.25) is 0 Å². The SMILES string of the molecule is O=C1CCCCCc2oc(=O)c(C(c3cccc(NS(=O)(=O)c4ccc(C(F)(F)F)cc4)c3)C3CC3)c(O)c21. The number of halogens is 3. The number of aryl methyl sites for hydroxylation is 1. The zero-order valence-electron chi connectivity index (χ0n) is 20.8. The van der Waals surface area contributed by atoms with E-state index in [0.29, 0.717) is 30.5 Å². The van der Waals surface area contributed by atoms with E-state index in [1.807, 2.05) is 0 Å². The fourth-order valence-electron chi connectivity index (χ4n) is 5.13. The summed E-state index contributed by atoms with van der Waals surface area (Å²) in [6.45, 7) is 0. The van der Waals surface area contributed by atoms with Crippen molar-refractivity contribution in [2.75, 3.05) is 4.72 Å².